The zero-order valence-corrected chi connectivity index (χ0v) is 10.1. The van der Waals surface area contributed by atoms with Gasteiger partial charge < -0.3 is 5.73 Å². The summed E-state index contributed by atoms with van der Waals surface area (Å²) < 4.78 is 1.07. The third kappa shape index (κ3) is 2.28. The Balaban J connectivity index is 2.02. The van der Waals surface area contributed by atoms with Crippen LogP contribution in [0.3, 0.4) is 0 Å². The number of likely N-dealkylation sites (tertiary alicyclic amines) is 1. The molecule has 1 fully saturated rings. The highest BCUT2D eigenvalue weighted by Crippen LogP contribution is 2.24. The van der Waals surface area contributed by atoms with E-state index in [1.807, 2.05) is 12.1 Å². The molecule has 76 valence electrons. The fourth-order valence-electron chi connectivity index (χ4n) is 1.63. The molecule has 14 heavy (non-hydrogen) atoms. The van der Waals surface area contributed by atoms with E-state index >= 15 is 0 Å². The molecule has 2 N–H and O–H groups in total. The molecule has 1 heterocycles. The van der Waals surface area contributed by atoms with Crippen LogP contribution in [-0.4, -0.2) is 24.0 Å². The standard InChI is InChI=1S/C10H12BrClN2/c11-10-3-8(12)2-1-7(10)4-14-5-9(13)6-14/h1-3,9H,4-6,13H2. The van der Waals surface area contributed by atoms with Gasteiger partial charge in [-0.15, -0.1) is 0 Å². The Kier molecular flexibility index (Phi) is 3.12. The molecule has 1 saturated heterocycles. The quantitative estimate of drug-likeness (QED) is 0.897. The smallest absolute Gasteiger partial charge is 0.0417 e. The average Bonchev–Trinajstić information content (AvgIpc) is 2.06. The lowest BCUT2D eigenvalue weighted by atomic mass is 10.1. The minimum absolute atomic E-state index is 0.362. The molecule has 0 aliphatic carbocycles. The minimum atomic E-state index is 0.362. The van der Waals surface area contributed by atoms with Crippen molar-refractivity contribution in [3.63, 3.8) is 0 Å². The third-order valence-electron chi connectivity index (χ3n) is 2.39. The van der Waals surface area contributed by atoms with Crippen molar-refractivity contribution in [1.29, 1.82) is 0 Å². The van der Waals surface area contributed by atoms with Gasteiger partial charge in [-0.05, 0) is 17.7 Å². The number of halogens is 2. The molecule has 2 rings (SSSR count). The van der Waals surface area contributed by atoms with Crippen LogP contribution in [0.5, 0.6) is 0 Å². The molecule has 0 saturated carbocycles. The number of benzene rings is 1. The van der Waals surface area contributed by atoms with Crippen molar-refractivity contribution >= 4 is 27.5 Å². The second kappa shape index (κ2) is 4.19. The predicted octanol–water partition coefficient (Wildman–Crippen LogP) is 2.25. The molecule has 0 amide bonds. The normalized spacial score (nSPS) is 18.2. The Morgan fingerprint density at radius 2 is 2.21 bits per heavy atom. The second-order valence-electron chi connectivity index (χ2n) is 3.69. The SMILES string of the molecule is NC1CN(Cc2ccc(Cl)cc2Br)C1. The summed E-state index contributed by atoms with van der Waals surface area (Å²) in [6.07, 6.45) is 0. The molecule has 1 aromatic carbocycles. The first-order valence-corrected chi connectivity index (χ1v) is 5.74. The topological polar surface area (TPSA) is 29.3 Å². The fraction of sp³-hybridized carbons (Fsp3) is 0.400. The van der Waals surface area contributed by atoms with Crippen LogP contribution in [-0.2, 0) is 6.54 Å². The third-order valence-corrected chi connectivity index (χ3v) is 3.37. The van der Waals surface area contributed by atoms with Crippen LogP contribution in [0.1, 0.15) is 5.56 Å². The van der Waals surface area contributed by atoms with E-state index in [1.165, 1.54) is 5.56 Å². The van der Waals surface area contributed by atoms with Crippen molar-refractivity contribution < 1.29 is 0 Å². The van der Waals surface area contributed by atoms with Gasteiger partial charge in [0.1, 0.15) is 0 Å². The van der Waals surface area contributed by atoms with Gasteiger partial charge in [0.15, 0.2) is 0 Å². The number of hydrogen-bond donors (Lipinski definition) is 1. The number of nitrogens with two attached hydrogens (primary N) is 1. The molecule has 1 aromatic rings. The summed E-state index contributed by atoms with van der Waals surface area (Å²) in [4.78, 5) is 2.32. The van der Waals surface area contributed by atoms with E-state index in [1.54, 1.807) is 0 Å². The molecule has 1 aliphatic rings. The summed E-state index contributed by atoms with van der Waals surface area (Å²) in [7, 11) is 0. The van der Waals surface area contributed by atoms with Crippen molar-refractivity contribution in [3.8, 4) is 0 Å². The molecular weight excluding hydrogens is 263 g/mol. The largest absolute Gasteiger partial charge is 0.325 e. The molecule has 0 bridgehead atoms. The van der Waals surface area contributed by atoms with E-state index < -0.39 is 0 Å². The van der Waals surface area contributed by atoms with E-state index in [9.17, 15) is 0 Å². The number of nitrogens with zero attached hydrogens (tertiary/aromatic N) is 1. The van der Waals surface area contributed by atoms with Crippen LogP contribution in [0.4, 0.5) is 0 Å². The zero-order valence-electron chi connectivity index (χ0n) is 7.71. The summed E-state index contributed by atoms with van der Waals surface area (Å²) in [5.74, 6) is 0. The molecule has 0 unspecified atom stereocenters. The van der Waals surface area contributed by atoms with Crippen LogP contribution in [0.15, 0.2) is 22.7 Å². The number of hydrogen-bond acceptors (Lipinski definition) is 2. The molecule has 0 aromatic heterocycles. The maximum atomic E-state index is 5.86. The van der Waals surface area contributed by atoms with Crippen molar-refractivity contribution in [1.82, 2.24) is 4.90 Å². The Bertz CT molecular complexity index is 337. The van der Waals surface area contributed by atoms with Gasteiger partial charge in [-0.1, -0.05) is 33.6 Å². The average molecular weight is 276 g/mol. The van der Waals surface area contributed by atoms with Gasteiger partial charge in [0.2, 0.25) is 0 Å². The van der Waals surface area contributed by atoms with Crippen molar-refractivity contribution in [2.75, 3.05) is 13.1 Å². The maximum Gasteiger partial charge on any atom is 0.0417 e. The molecule has 1 aliphatic heterocycles. The number of rotatable bonds is 2. The monoisotopic (exact) mass is 274 g/mol. The molecular formula is C10H12BrClN2. The van der Waals surface area contributed by atoms with Gasteiger partial charge in [-0.25, -0.2) is 0 Å². The van der Waals surface area contributed by atoms with Gasteiger partial charge in [0.25, 0.3) is 0 Å². The molecule has 0 spiro atoms. The van der Waals surface area contributed by atoms with E-state index in [4.69, 9.17) is 17.3 Å². The highest BCUT2D eigenvalue weighted by molar-refractivity contribution is 9.10. The van der Waals surface area contributed by atoms with Crippen LogP contribution < -0.4 is 5.73 Å². The lowest BCUT2D eigenvalue weighted by molar-refractivity contribution is 0.142. The van der Waals surface area contributed by atoms with Gasteiger partial charge in [-0.3, -0.25) is 4.90 Å². The molecule has 4 heteroatoms. The molecule has 2 nitrogen and oxygen atoms in total. The van der Waals surface area contributed by atoms with Crippen LogP contribution in [0, 0.1) is 0 Å². The van der Waals surface area contributed by atoms with Crippen molar-refractivity contribution in [2.45, 2.75) is 12.6 Å². The van der Waals surface area contributed by atoms with Gasteiger partial charge >= 0.3 is 0 Å². The Morgan fingerprint density at radius 3 is 2.79 bits per heavy atom. The second-order valence-corrected chi connectivity index (χ2v) is 4.98. The Hall–Kier alpha value is -0.0900. The van der Waals surface area contributed by atoms with Gasteiger partial charge in [0, 0.05) is 35.2 Å². The van der Waals surface area contributed by atoms with Gasteiger partial charge in [-0.2, -0.15) is 0 Å². The van der Waals surface area contributed by atoms with E-state index in [0.717, 1.165) is 29.1 Å². The highest BCUT2D eigenvalue weighted by atomic mass is 79.9. The van der Waals surface area contributed by atoms with E-state index in [0.29, 0.717) is 6.04 Å². The highest BCUT2D eigenvalue weighted by Gasteiger charge is 2.23. The summed E-state index contributed by atoms with van der Waals surface area (Å²) in [5.41, 5.74) is 6.98. The lowest BCUT2D eigenvalue weighted by Crippen LogP contribution is -2.54. The van der Waals surface area contributed by atoms with Crippen LogP contribution in [0.2, 0.25) is 5.02 Å². The summed E-state index contributed by atoms with van der Waals surface area (Å²) in [6, 6.07) is 6.26. The fourth-order valence-corrected chi connectivity index (χ4v) is 2.44. The Morgan fingerprint density at radius 1 is 1.50 bits per heavy atom. The molecule has 0 radical (unpaired) electrons. The summed E-state index contributed by atoms with van der Waals surface area (Å²) in [6.45, 7) is 2.94. The van der Waals surface area contributed by atoms with Crippen molar-refractivity contribution in [2.24, 2.45) is 5.73 Å². The summed E-state index contributed by atoms with van der Waals surface area (Å²) in [5, 5.41) is 0.765. The van der Waals surface area contributed by atoms with Crippen LogP contribution in [0.25, 0.3) is 0 Å². The first-order valence-electron chi connectivity index (χ1n) is 4.57. The van der Waals surface area contributed by atoms with E-state index in [-0.39, 0.29) is 0 Å². The van der Waals surface area contributed by atoms with Crippen LogP contribution >= 0.6 is 27.5 Å². The van der Waals surface area contributed by atoms with E-state index in [2.05, 4.69) is 26.9 Å². The zero-order chi connectivity index (χ0) is 10.1. The first-order chi connectivity index (χ1) is 6.65. The molecule has 0 atom stereocenters. The first kappa shape index (κ1) is 10.4. The Labute approximate surface area is 97.2 Å². The van der Waals surface area contributed by atoms with Crippen molar-refractivity contribution in [3.05, 3.63) is 33.3 Å². The summed E-state index contributed by atoms with van der Waals surface area (Å²) >= 11 is 9.36. The van der Waals surface area contributed by atoms with Gasteiger partial charge in [0.05, 0.1) is 0 Å². The lowest BCUT2D eigenvalue weighted by Gasteiger charge is -2.37. The predicted molar refractivity (Wildman–Crippen MR) is 62.4 cm³/mol. The minimum Gasteiger partial charge on any atom is -0.325 e. The maximum absolute atomic E-state index is 5.86.